The van der Waals surface area contributed by atoms with Crippen LogP contribution >= 0.6 is 27.3 Å². The van der Waals surface area contributed by atoms with E-state index in [0.717, 1.165) is 21.5 Å². The van der Waals surface area contributed by atoms with E-state index in [1.807, 2.05) is 11.4 Å². The average Bonchev–Trinajstić information content (AvgIpc) is 2.80. The molecule has 2 rings (SSSR count). The summed E-state index contributed by atoms with van der Waals surface area (Å²) < 4.78 is 39.0. The van der Waals surface area contributed by atoms with Crippen LogP contribution in [0.15, 0.2) is 34.1 Å². The number of nitrogens with one attached hydrogen (secondary N) is 1. The molecule has 0 bridgehead atoms. The highest BCUT2D eigenvalue weighted by atomic mass is 79.9. The zero-order chi connectivity index (χ0) is 15.6. The molecule has 2 aromatic rings. The number of benzene rings is 1. The van der Waals surface area contributed by atoms with Gasteiger partial charge in [-0.15, -0.1) is 11.3 Å². The van der Waals surface area contributed by atoms with Crippen LogP contribution in [-0.2, 0) is 12.7 Å². The molecule has 0 unspecified atom stereocenters. The molecule has 0 aliphatic heterocycles. The van der Waals surface area contributed by atoms with E-state index in [1.54, 1.807) is 0 Å². The molecule has 1 heterocycles. The Hall–Kier alpha value is -1.54. The minimum Gasteiger partial charge on any atom is -0.478 e. The van der Waals surface area contributed by atoms with Crippen LogP contribution in [0.25, 0.3) is 0 Å². The van der Waals surface area contributed by atoms with Crippen molar-refractivity contribution in [3.05, 3.63) is 50.1 Å². The molecule has 0 amide bonds. The van der Waals surface area contributed by atoms with E-state index >= 15 is 0 Å². The van der Waals surface area contributed by atoms with E-state index in [-0.39, 0.29) is 0 Å². The average molecular weight is 380 g/mol. The molecule has 1 aromatic carbocycles. The lowest BCUT2D eigenvalue weighted by Gasteiger charge is -2.12. The van der Waals surface area contributed by atoms with Gasteiger partial charge in [0.1, 0.15) is 0 Å². The van der Waals surface area contributed by atoms with E-state index in [1.165, 1.54) is 17.4 Å². The van der Waals surface area contributed by atoms with E-state index in [0.29, 0.717) is 12.2 Å². The number of hydrogen-bond donors (Lipinski definition) is 2. The van der Waals surface area contributed by atoms with Crippen LogP contribution in [0.5, 0.6) is 0 Å². The molecule has 1 aromatic heterocycles. The van der Waals surface area contributed by atoms with Crippen molar-refractivity contribution >= 4 is 38.9 Å². The first-order valence-corrected chi connectivity index (χ1v) is 7.36. The Morgan fingerprint density at radius 3 is 2.57 bits per heavy atom. The van der Waals surface area contributed by atoms with Crippen molar-refractivity contribution in [3.63, 3.8) is 0 Å². The molecule has 0 radical (unpaired) electrons. The fourth-order valence-corrected chi connectivity index (χ4v) is 3.14. The van der Waals surface area contributed by atoms with E-state index in [9.17, 15) is 18.0 Å². The molecule has 0 spiro atoms. The second-order valence-electron chi connectivity index (χ2n) is 4.11. The summed E-state index contributed by atoms with van der Waals surface area (Å²) in [5.41, 5.74) is -1.60. The van der Waals surface area contributed by atoms with Gasteiger partial charge in [-0.3, -0.25) is 0 Å². The highest BCUT2D eigenvalue weighted by Crippen LogP contribution is 2.33. The summed E-state index contributed by atoms with van der Waals surface area (Å²) in [5.74, 6) is -1.61. The van der Waals surface area contributed by atoms with Gasteiger partial charge in [0, 0.05) is 15.0 Å². The first-order valence-electron chi connectivity index (χ1n) is 5.69. The van der Waals surface area contributed by atoms with Crippen LogP contribution < -0.4 is 5.32 Å². The second kappa shape index (κ2) is 6.07. The Balaban J connectivity index is 2.24. The third-order valence-electron chi connectivity index (χ3n) is 2.70. The quantitative estimate of drug-likeness (QED) is 0.798. The van der Waals surface area contributed by atoms with Gasteiger partial charge in [0.15, 0.2) is 0 Å². The summed E-state index contributed by atoms with van der Waals surface area (Å²) in [6.07, 6.45) is -4.69. The van der Waals surface area contributed by atoms with Crippen molar-refractivity contribution < 1.29 is 23.1 Å². The summed E-state index contributed by atoms with van der Waals surface area (Å²) in [6, 6.07) is 4.84. The lowest BCUT2D eigenvalue weighted by molar-refractivity contribution is -0.138. The van der Waals surface area contributed by atoms with Crippen molar-refractivity contribution in [2.24, 2.45) is 0 Å². The molecule has 0 aliphatic rings. The molecule has 0 saturated heterocycles. The van der Waals surface area contributed by atoms with Crippen LogP contribution in [0.1, 0.15) is 20.8 Å². The summed E-state index contributed by atoms with van der Waals surface area (Å²) in [6.45, 7) is 0.392. The van der Waals surface area contributed by atoms with Gasteiger partial charge in [-0.2, -0.15) is 13.2 Å². The first kappa shape index (κ1) is 15.8. The normalized spacial score (nSPS) is 11.4. The van der Waals surface area contributed by atoms with Crippen molar-refractivity contribution in [2.75, 3.05) is 5.32 Å². The predicted molar refractivity (Wildman–Crippen MR) is 77.7 cm³/mol. The maximum Gasteiger partial charge on any atom is 0.417 e. The van der Waals surface area contributed by atoms with Gasteiger partial charge >= 0.3 is 12.1 Å². The van der Waals surface area contributed by atoms with E-state index in [4.69, 9.17) is 5.11 Å². The van der Waals surface area contributed by atoms with E-state index in [2.05, 4.69) is 21.2 Å². The highest BCUT2D eigenvalue weighted by Gasteiger charge is 2.35. The number of carboxylic acid groups (broad SMARTS) is 1. The molecular weight excluding hydrogens is 371 g/mol. The number of halogens is 4. The largest absolute Gasteiger partial charge is 0.478 e. The number of hydrogen-bond acceptors (Lipinski definition) is 3. The minimum atomic E-state index is -4.69. The molecule has 0 saturated carbocycles. The number of carbonyl (C=O) groups is 1. The van der Waals surface area contributed by atoms with Gasteiger partial charge in [-0.1, -0.05) is 0 Å². The number of alkyl halides is 3. The number of carboxylic acids is 1. The maximum absolute atomic E-state index is 12.7. The molecule has 8 heteroatoms. The third-order valence-corrected chi connectivity index (χ3v) is 4.63. The number of anilines is 1. The Bertz CT molecular complexity index is 670. The van der Waals surface area contributed by atoms with Gasteiger partial charge < -0.3 is 10.4 Å². The van der Waals surface area contributed by atoms with Gasteiger partial charge in [0.05, 0.1) is 17.7 Å². The van der Waals surface area contributed by atoms with Crippen molar-refractivity contribution in [2.45, 2.75) is 12.7 Å². The number of rotatable bonds is 4. The summed E-state index contributed by atoms with van der Waals surface area (Å²) in [4.78, 5) is 11.9. The molecule has 112 valence electrons. The van der Waals surface area contributed by atoms with Crippen LogP contribution in [0.3, 0.4) is 0 Å². The zero-order valence-electron chi connectivity index (χ0n) is 10.4. The van der Waals surface area contributed by atoms with Gasteiger partial charge in [0.2, 0.25) is 0 Å². The summed E-state index contributed by atoms with van der Waals surface area (Å²) in [7, 11) is 0. The molecule has 3 nitrogen and oxygen atoms in total. The number of aromatic carboxylic acids is 1. The Morgan fingerprint density at radius 2 is 2.05 bits per heavy atom. The Kier molecular flexibility index (Phi) is 4.58. The van der Waals surface area contributed by atoms with Gasteiger partial charge in [-0.25, -0.2) is 4.79 Å². The predicted octanol–water partition coefficient (Wildman–Crippen LogP) is 4.84. The van der Waals surface area contributed by atoms with Crippen molar-refractivity contribution in [1.82, 2.24) is 0 Å². The molecule has 0 fully saturated rings. The van der Waals surface area contributed by atoms with Crippen LogP contribution in [-0.4, -0.2) is 11.1 Å². The molecule has 0 atom stereocenters. The fourth-order valence-electron chi connectivity index (χ4n) is 1.71. The SMILES string of the molecule is O=C(O)c1cc(NCc2sccc2Br)ccc1C(F)(F)F. The standard InChI is InChI=1S/C13H9BrF3NO2S/c14-10-3-4-21-11(10)6-18-7-1-2-9(13(15,16)17)8(5-7)12(19)20/h1-5,18H,6H2,(H,19,20). The summed E-state index contributed by atoms with van der Waals surface area (Å²) >= 11 is 4.82. The molecule has 2 N–H and O–H groups in total. The third kappa shape index (κ3) is 3.76. The van der Waals surface area contributed by atoms with Gasteiger partial charge in [-0.05, 0) is 45.6 Å². The summed E-state index contributed by atoms with van der Waals surface area (Å²) in [5, 5.41) is 13.7. The first-order chi connectivity index (χ1) is 9.79. The van der Waals surface area contributed by atoms with Crippen LogP contribution in [0, 0.1) is 0 Å². The Labute approximate surface area is 130 Å². The molecule has 21 heavy (non-hydrogen) atoms. The lowest BCUT2D eigenvalue weighted by Crippen LogP contribution is -2.13. The van der Waals surface area contributed by atoms with E-state index < -0.39 is 23.3 Å². The fraction of sp³-hybridized carbons (Fsp3) is 0.154. The monoisotopic (exact) mass is 379 g/mol. The molecule has 0 aliphatic carbocycles. The topological polar surface area (TPSA) is 49.3 Å². The Morgan fingerprint density at radius 1 is 1.33 bits per heavy atom. The van der Waals surface area contributed by atoms with Crippen LogP contribution in [0.4, 0.5) is 18.9 Å². The minimum absolute atomic E-state index is 0.320. The highest BCUT2D eigenvalue weighted by molar-refractivity contribution is 9.10. The van der Waals surface area contributed by atoms with Crippen LogP contribution in [0.2, 0.25) is 0 Å². The second-order valence-corrected chi connectivity index (χ2v) is 5.96. The smallest absolute Gasteiger partial charge is 0.417 e. The van der Waals surface area contributed by atoms with Crippen molar-refractivity contribution in [1.29, 1.82) is 0 Å². The molecular formula is C13H9BrF3NO2S. The number of thiophene rings is 1. The zero-order valence-corrected chi connectivity index (χ0v) is 12.8. The van der Waals surface area contributed by atoms with Gasteiger partial charge in [0.25, 0.3) is 0 Å². The maximum atomic E-state index is 12.7. The lowest BCUT2D eigenvalue weighted by atomic mass is 10.1. The van der Waals surface area contributed by atoms with Crippen molar-refractivity contribution in [3.8, 4) is 0 Å².